The Morgan fingerprint density at radius 1 is 0.787 bits per heavy atom. The Bertz CT molecular complexity index is 2000. The lowest BCUT2D eigenvalue weighted by Crippen LogP contribution is -2.57. The zero-order valence-electron chi connectivity index (χ0n) is 37.0. The summed E-state index contributed by atoms with van der Waals surface area (Å²) in [6.07, 6.45) is 12.1. The van der Waals surface area contributed by atoms with Gasteiger partial charge in [-0.3, -0.25) is 9.59 Å². The van der Waals surface area contributed by atoms with Crippen LogP contribution in [0.25, 0.3) is 0 Å². The normalized spacial score (nSPS) is 22.9. The summed E-state index contributed by atoms with van der Waals surface area (Å²) in [6, 6.07) is 3.33. The summed E-state index contributed by atoms with van der Waals surface area (Å²) in [5.74, 6) is 11.4. The number of nitrogens with zero attached hydrogens (tertiary/aromatic N) is 2. The number of hydrogen-bond acceptors (Lipinski definition) is 10. The molecular formula is C48H64N2O9S2. The fraction of sp³-hybridized carbons (Fsp3) is 0.625. The molecule has 0 radical (unpaired) electrons. The van der Waals surface area contributed by atoms with Gasteiger partial charge < -0.3 is 34.2 Å². The van der Waals surface area contributed by atoms with Crippen molar-refractivity contribution < 1.29 is 43.6 Å². The van der Waals surface area contributed by atoms with Crippen LogP contribution in [0.5, 0.6) is 0 Å². The summed E-state index contributed by atoms with van der Waals surface area (Å²) in [6.45, 7) is 16.6. The number of aromatic carboxylic acids is 1. The van der Waals surface area contributed by atoms with Crippen molar-refractivity contribution in [2.75, 3.05) is 36.7 Å². The first-order chi connectivity index (χ1) is 29.0. The van der Waals surface area contributed by atoms with E-state index >= 15 is 0 Å². The van der Waals surface area contributed by atoms with Gasteiger partial charge in [-0.15, -0.1) is 29.3 Å². The van der Waals surface area contributed by atoms with E-state index in [1.54, 1.807) is 17.0 Å². The van der Waals surface area contributed by atoms with Gasteiger partial charge >= 0.3 is 11.9 Å². The van der Waals surface area contributed by atoms with Crippen molar-refractivity contribution in [1.29, 1.82) is 0 Å². The van der Waals surface area contributed by atoms with Crippen LogP contribution in [0.3, 0.4) is 0 Å². The van der Waals surface area contributed by atoms with E-state index in [4.69, 9.17) is 14.2 Å². The molecule has 332 valence electrons. The molecule has 0 spiro atoms. The minimum atomic E-state index is -1.06. The molecule has 2 N–H and O–H groups in total. The first-order valence-corrected chi connectivity index (χ1v) is 23.4. The number of carbonyl (C=O) groups is 4. The van der Waals surface area contributed by atoms with Crippen molar-refractivity contribution in [2.45, 2.75) is 143 Å². The predicted octanol–water partition coefficient (Wildman–Crippen LogP) is 9.10. The number of aliphatic hydroxyl groups excluding tert-OH is 1. The van der Waals surface area contributed by atoms with Crippen molar-refractivity contribution in [1.82, 2.24) is 0 Å². The molecule has 61 heavy (non-hydrogen) atoms. The lowest BCUT2D eigenvalue weighted by molar-refractivity contribution is -0.139. The monoisotopic (exact) mass is 876 g/mol. The molecule has 4 atom stereocenters. The highest BCUT2D eigenvalue weighted by molar-refractivity contribution is 7.15. The van der Waals surface area contributed by atoms with Gasteiger partial charge in [-0.1, -0.05) is 68.3 Å². The van der Waals surface area contributed by atoms with E-state index in [9.17, 15) is 29.4 Å². The number of amides is 2. The van der Waals surface area contributed by atoms with Crippen LogP contribution in [0.1, 0.15) is 148 Å². The molecule has 6 rings (SSSR count). The minimum Gasteiger partial charge on any atom is -0.477 e. The molecule has 11 nitrogen and oxygen atoms in total. The topological polar surface area (TPSA) is 143 Å². The first kappa shape index (κ1) is 48.1. The Labute approximate surface area is 370 Å². The third-order valence-electron chi connectivity index (χ3n) is 11.4. The van der Waals surface area contributed by atoms with Gasteiger partial charge in [-0.05, 0) is 91.2 Å². The second-order valence-corrected chi connectivity index (χ2v) is 20.6. The number of rotatable bonds is 10. The Balaban J connectivity index is 0.000000231. The number of hydrogen-bond donors (Lipinski definition) is 2. The molecule has 2 saturated heterocycles. The molecule has 0 bridgehead atoms. The molecular weight excluding hydrogens is 813 g/mol. The molecule has 4 aliphatic rings. The van der Waals surface area contributed by atoms with Gasteiger partial charge in [0.25, 0.3) is 11.8 Å². The van der Waals surface area contributed by atoms with E-state index in [1.165, 1.54) is 31.3 Å². The molecule has 0 aromatic carbocycles. The van der Waals surface area contributed by atoms with E-state index in [0.717, 1.165) is 67.6 Å². The maximum Gasteiger partial charge on any atom is 0.350 e. The quantitative estimate of drug-likeness (QED) is 0.136. The van der Waals surface area contributed by atoms with E-state index in [0.29, 0.717) is 46.7 Å². The largest absolute Gasteiger partial charge is 0.477 e. The van der Waals surface area contributed by atoms with Crippen molar-refractivity contribution in [3.8, 4) is 23.7 Å². The molecule has 2 aliphatic carbocycles. The van der Waals surface area contributed by atoms with Gasteiger partial charge in [0.05, 0.1) is 53.5 Å². The third-order valence-corrected chi connectivity index (χ3v) is 13.5. The van der Waals surface area contributed by atoms with E-state index in [-0.39, 0.29) is 58.6 Å². The van der Waals surface area contributed by atoms with Gasteiger partial charge in [0.2, 0.25) is 0 Å². The Morgan fingerprint density at radius 3 is 1.66 bits per heavy atom. The second-order valence-electron chi connectivity index (χ2n) is 18.5. The smallest absolute Gasteiger partial charge is 0.350 e. The number of anilines is 2. The lowest BCUT2D eigenvalue weighted by atomic mass is 9.82. The molecule has 13 heteroatoms. The summed E-state index contributed by atoms with van der Waals surface area (Å²) < 4.78 is 16.8. The van der Waals surface area contributed by atoms with Crippen LogP contribution in [0.2, 0.25) is 0 Å². The molecule has 4 heterocycles. The van der Waals surface area contributed by atoms with Crippen molar-refractivity contribution >= 4 is 57.8 Å². The molecule has 4 fully saturated rings. The van der Waals surface area contributed by atoms with Crippen LogP contribution in [0.4, 0.5) is 11.4 Å². The highest BCUT2D eigenvalue weighted by Gasteiger charge is 2.44. The number of methoxy groups -OCH3 is 1. The van der Waals surface area contributed by atoms with E-state index < -0.39 is 24.1 Å². The molecule has 2 saturated carbocycles. The predicted molar refractivity (Wildman–Crippen MR) is 241 cm³/mol. The number of aliphatic hydroxyl groups is 1. The number of carbonyl (C=O) groups excluding carboxylic acids is 3. The summed E-state index contributed by atoms with van der Waals surface area (Å²) in [7, 11) is 1.37. The van der Waals surface area contributed by atoms with Crippen LogP contribution >= 0.6 is 22.7 Å². The van der Waals surface area contributed by atoms with Crippen LogP contribution in [0.15, 0.2) is 24.8 Å². The molecule has 2 aromatic rings. The molecule has 2 aliphatic heterocycles. The maximum absolute atomic E-state index is 13.5. The fourth-order valence-electron chi connectivity index (χ4n) is 8.46. The molecule has 2 amide bonds. The Kier molecular flexibility index (Phi) is 16.9. The van der Waals surface area contributed by atoms with Crippen LogP contribution < -0.4 is 9.80 Å². The lowest BCUT2D eigenvalue weighted by Gasteiger charge is -2.43. The zero-order valence-corrected chi connectivity index (χ0v) is 38.6. The Morgan fingerprint density at radius 2 is 1.23 bits per heavy atom. The Hall–Kier alpha value is -3.98. The van der Waals surface area contributed by atoms with Gasteiger partial charge in [-0.25, -0.2) is 9.59 Å². The second kappa shape index (κ2) is 21.4. The zero-order chi connectivity index (χ0) is 44.5. The van der Waals surface area contributed by atoms with Crippen LogP contribution in [-0.2, 0) is 23.8 Å². The van der Waals surface area contributed by atoms with E-state index in [1.807, 2.05) is 52.5 Å². The molecule has 0 unspecified atom stereocenters. The van der Waals surface area contributed by atoms with Gasteiger partial charge in [0, 0.05) is 30.3 Å². The van der Waals surface area contributed by atoms with Gasteiger partial charge in [-0.2, -0.15) is 0 Å². The number of carboxylic acid groups (broad SMARTS) is 1. The average Bonchev–Trinajstić information content (AvgIpc) is 3.86. The number of morpholine rings is 2. The maximum atomic E-state index is 13.5. The summed E-state index contributed by atoms with van der Waals surface area (Å²) in [5.41, 5.74) is 0.647. The number of esters is 1. The highest BCUT2D eigenvalue weighted by Crippen LogP contribution is 2.41. The SMILES string of the molecule is C=CC[C@H]1OC[C@@H](C2CCCCC2)N(c2cc(C#CC(C)(C)C)sc2C(=O)OC)C1=O.CC(C)(C)C#Cc1cc(N2C(=O)[C@@H](CCO)OC[C@H]2C2CCCCC2)c(C(=O)O)s1. The highest BCUT2D eigenvalue weighted by atomic mass is 32.1. The van der Waals surface area contributed by atoms with Crippen molar-refractivity contribution in [2.24, 2.45) is 22.7 Å². The van der Waals surface area contributed by atoms with Crippen LogP contribution in [0, 0.1) is 46.3 Å². The van der Waals surface area contributed by atoms with Gasteiger partial charge in [0.1, 0.15) is 22.0 Å². The summed E-state index contributed by atoms with van der Waals surface area (Å²) in [4.78, 5) is 57.0. The van der Waals surface area contributed by atoms with Crippen LogP contribution in [-0.4, -0.2) is 85.2 Å². The fourth-order valence-corrected chi connectivity index (χ4v) is 10.2. The standard InChI is InChI=1S/C25H33NO4S.C23H31NO5S/c1-6-10-21-23(27)26(20(16-30-21)17-11-8-7-9-12-17)19-15-18(13-14-25(2,3)4)31-22(19)24(28)29-5;1-23(2,3)11-9-16-13-17(20(30-16)22(27)28)24-18(15-7-5-4-6-8-15)14-29-19(10-12-25)21(24)26/h6,15,17,20-21H,1,7-12,16H2,2-5H3;13,15,18-19,25H,4-8,10,12,14H2,1-3H3,(H,27,28)/t20-,21+;18-,19+/m00/s1. The third kappa shape index (κ3) is 12.6. The number of thiophene rings is 2. The van der Waals surface area contributed by atoms with Gasteiger partial charge in [0.15, 0.2) is 0 Å². The van der Waals surface area contributed by atoms with E-state index in [2.05, 4.69) is 30.3 Å². The van der Waals surface area contributed by atoms with Crippen molar-refractivity contribution in [3.05, 3.63) is 44.3 Å². The molecule has 2 aromatic heterocycles. The first-order valence-electron chi connectivity index (χ1n) is 21.7. The summed E-state index contributed by atoms with van der Waals surface area (Å²) >= 11 is 2.40. The number of ether oxygens (including phenoxy) is 3. The average molecular weight is 877 g/mol. The minimum absolute atomic E-state index is 0.0877. The number of carboxylic acids is 1. The van der Waals surface area contributed by atoms with Crippen molar-refractivity contribution in [3.63, 3.8) is 0 Å². The summed E-state index contributed by atoms with van der Waals surface area (Å²) in [5, 5.41) is 19.2.